The van der Waals surface area contributed by atoms with Gasteiger partial charge in [-0.1, -0.05) is 17.2 Å². The molecule has 0 atom stereocenters. The van der Waals surface area contributed by atoms with Crippen LogP contribution >= 0.6 is 0 Å². The number of hydrogen-bond acceptors (Lipinski definition) is 5. The molecular formula is C8H5FN5O-. The van der Waals surface area contributed by atoms with Crippen molar-refractivity contribution in [2.24, 2.45) is 4.99 Å². The van der Waals surface area contributed by atoms with E-state index in [4.69, 9.17) is 0 Å². The predicted molar refractivity (Wildman–Crippen MR) is 46.8 cm³/mol. The Labute approximate surface area is 83.5 Å². The van der Waals surface area contributed by atoms with Gasteiger partial charge in [0.2, 0.25) is 0 Å². The molecule has 15 heavy (non-hydrogen) atoms. The van der Waals surface area contributed by atoms with Gasteiger partial charge in [-0.25, -0.2) is 9.38 Å². The summed E-state index contributed by atoms with van der Waals surface area (Å²) in [7, 11) is 0. The van der Waals surface area contributed by atoms with E-state index in [0.29, 0.717) is 0 Å². The van der Waals surface area contributed by atoms with Crippen molar-refractivity contribution in [2.45, 2.75) is 0 Å². The van der Waals surface area contributed by atoms with Crippen molar-refractivity contribution in [3.63, 3.8) is 0 Å². The standard InChI is InChI=1S/C8H6FN5O/c9-6-3-1-5(2-4-6)7(15)10-8-11-13-14-12-8/h1-4H,(H2,10,11,12,13,14,15)/p-1. The number of benzene rings is 1. The Balaban J connectivity index is 2.28. The van der Waals surface area contributed by atoms with E-state index in [-0.39, 0.29) is 11.5 Å². The maximum atomic E-state index is 12.5. The number of aromatic amines is 1. The molecule has 2 rings (SSSR count). The zero-order valence-corrected chi connectivity index (χ0v) is 7.38. The molecule has 0 spiro atoms. The zero-order chi connectivity index (χ0) is 10.7. The average Bonchev–Trinajstić information content (AvgIpc) is 2.71. The van der Waals surface area contributed by atoms with E-state index in [1.807, 2.05) is 0 Å². The second kappa shape index (κ2) is 3.82. The first-order valence-corrected chi connectivity index (χ1v) is 4.01. The zero-order valence-electron chi connectivity index (χ0n) is 7.38. The first-order chi connectivity index (χ1) is 7.25. The second-order valence-electron chi connectivity index (χ2n) is 2.64. The molecule has 1 N–H and O–H groups in total. The highest BCUT2D eigenvalue weighted by Crippen LogP contribution is 2.05. The highest BCUT2D eigenvalue weighted by atomic mass is 19.1. The van der Waals surface area contributed by atoms with E-state index in [1.54, 1.807) is 0 Å². The van der Waals surface area contributed by atoms with Crippen molar-refractivity contribution >= 4 is 11.8 Å². The molecule has 0 unspecified atom stereocenters. The maximum absolute atomic E-state index is 12.5. The Kier molecular flexibility index (Phi) is 2.36. The van der Waals surface area contributed by atoms with Gasteiger partial charge in [0.15, 0.2) is 0 Å². The molecule has 0 radical (unpaired) electrons. The fourth-order valence-corrected chi connectivity index (χ4v) is 0.952. The Hall–Kier alpha value is -2.31. The van der Waals surface area contributed by atoms with Crippen LogP contribution in [0.25, 0.3) is 0 Å². The summed E-state index contributed by atoms with van der Waals surface area (Å²) in [5.74, 6) is -1.01. The van der Waals surface area contributed by atoms with Crippen LogP contribution in [-0.2, 0) is 0 Å². The molecule has 0 fully saturated rings. The Morgan fingerprint density at radius 2 is 2.07 bits per heavy atom. The normalized spacial score (nSPS) is 11.7. The van der Waals surface area contributed by atoms with Gasteiger partial charge in [-0.15, -0.1) is 5.10 Å². The molecule has 0 aliphatic rings. The number of nitrogens with one attached hydrogen (secondary N) is 1. The monoisotopic (exact) mass is 206 g/mol. The topological polar surface area (TPSA) is 89.9 Å². The summed E-state index contributed by atoms with van der Waals surface area (Å²) in [6.07, 6.45) is 0. The molecule has 6 nitrogen and oxygen atoms in total. The smallest absolute Gasteiger partial charge is 0.288 e. The molecule has 2 aromatic rings. The molecule has 0 aliphatic heterocycles. The summed E-state index contributed by atoms with van der Waals surface area (Å²) in [5.41, 5.74) is 0.265. The van der Waals surface area contributed by atoms with E-state index in [0.717, 1.165) is 0 Å². The number of halogens is 1. The number of hydrogen-bond donors (Lipinski definition) is 1. The minimum absolute atomic E-state index is 0.0516. The third-order valence-electron chi connectivity index (χ3n) is 1.63. The van der Waals surface area contributed by atoms with Crippen LogP contribution in [0.5, 0.6) is 0 Å². The quantitative estimate of drug-likeness (QED) is 0.543. The van der Waals surface area contributed by atoms with Gasteiger partial charge in [-0.05, 0) is 28.8 Å². The first-order valence-electron chi connectivity index (χ1n) is 4.01. The molecule has 0 saturated carbocycles. The third-order valence-corrected chi connectivity index (χ3v) is 1.63. The lowest BCUT2D eigenvalue weighted by Gasteiger charge is -2.08. The molecule has 1 heterocycles. The highest BCUT2D eigenvalue weighted by Gasteiger charge is 1.96. The van der Waals surface area contributed by atoms with Crippen LogP contribution in [0.3, 0.4) is 0 Å². The molecule has 76 valence electrons. The molecule has 0 bridgehead atoms. The van der Waals surface area contributed by atoms with Crippen LogP contribution in [-0.4, -0.2) is 26.5 Å². The van der Waals surface area contributed by atoms with Crippen molar-refractivity contribution in [1.29, 1.82) is 0 Å². The first kappa shape index (κ1) is 9.25. The van der Waals surface area contributed by atoms with E-state index in [2.05, 4.69) is 25.6 Å². The van der Waals surface area contributed by atoms with E-state index in [9.17, 15) is 9.50 Å². The van der Waals surface area contributed by atoms with E-state index >= 15 is 0 Å². The molecule has 0 saturated heterocycles. The van der Waals surface area contributed by atoms with Gasteiger partial charge < -0.3 is 5.11 Å². The van der Waals surface area contributed by atoms with Gasteiger partial charge in [0.25, 0.3) is 5.95 Å². The number of H-pyrrole nitrogens is 1. The summed E-state index contributed by atoms with van der Waals surface area (Å²) >= 11 is 0. The molecule has 0 amide bonds. The second-order valence-corrected chi connectivity index (χ2v) is 2.64. The van der Waals surface area contributed by atoms with E-state index < -0.39 is 11.7 Å². The summed E-state index contributed by atoms with van der Waals surface area (Å²) in [6.45, 7) is 0. The number of aromatic nitrogens is 4. The fourth-order valence-electron chi connectivity index (χ4n) is 0.952. The Bertz CT molecular complexity index is 464. The van der Waals surface area contributed by atoms with E-state index in [1.165, 1.54) is 24.3 Å². The van der Waals surface area contributed by atoms with Crippen LogP contribution < -0.4 is 5.11 Å². The summed E-state index contributed by atoms with van der Waals surface area (Å²) in [5, 5.41) is 23.8. The minimum Gasteiger partial charge on any atom is -0.858 e. The summed E-state index contributed by atoms with van der Waals surface area (Å²) in [4.78, 5) is 3.54. The van der Waals surface area contributed by atoms with Crippen molar-refractivity contribution in [3.8, 4) is 0 Å². The fraction of sp³-hybridized carbons (Fsp3) is 0. The molecule has 1 aromatic carbocycles. The van der Waals surface area contributed by atoms with Crippen molar-refractivity contribution in [1.82, 2.24) is 20.6 Å². The average molecular weight is 206 g/mol. The van der Waals surface area contributed by atoms with Crippen LogP contribution in [0.2, 0.25) is 0 Å². The lowest BCUT2D eigenvalue weighted by molar-refractivity contribution is -0.212. The Morgan fingerprint density at radius 3 is 2.67 bits per heavy atom. The van der Waals surface area contributed by atoms with Crippen molar-refractivity contribution in [2.75, 3.05) is 0 Å². The number of tetrazole rings is 1. The minimum atomic E-state index is -0.545. The van der Waals surface area contributed by atoms with Gasteiger partial charge >= 0.3 is 0 Å². The molecular weight excluding hydrogens is 201 g/mol. The Morgan fingerprint density at radius 1 is 1.33 bits per heavy atom. The maximum Gasteiger partial charge on any atom is 0.288 e. The summed E-state index contributed by atoms with van der Waals surface area (Å²) < 4.78 is 12.5. The summed E-state index contributed by atoms with van der Waals surface area (Å²) in [6, 6.07) is 5.03. The van der Waals surface area contributed by atoms with Gasteiger partial charge in [0.05, 0.1) is 0 Å². The lowest BCUT2D eigenvalue weighted by Crippen LogP contribution is -2.18. The highest BCUT2D eigenvalue weighted by molar-refractivity contribution is 5.91. The predicted octanol–water partition coefficient (Wildman–Crippen LogP) is -0.223. The third kappa shape index (κ3) is 2.13. The molecule has 7 heteroatoms. The van der Waals surface area contributed by atoms with Crippen molar-refractivity contribution < 1.29 is 9.50 Å². The van der Waals surface area contributed by atoms with Crippen LogP contribution in [0.4, 0.5) is 10.3 Å². The SMILES string of the molecule is [O-]C(=Nc1nn[nH]n1)c1ccc(F)cc1. The van der Waals surface area contributed by atoms with Gasteiger partial charge in [-0.2, -0.15) is 5.21 Å². The van der Waals surface area contributed by atoms with Crippen LogP contribution in [0.1, 0.15) is 5.56 Å². The van der Waals surface area contributed by atoms with Gasteiger partial charge in [0.1, 0.15) is 5.82 Å². The molecule has 1 aromatic heterocycles. The number of nitrogens with zero attached hydrogens (tertiary/aromatic N) is 4. The largest absolute Gasteiger partial charge is 0.858 e. The number of aliphatic imine (C=N–C) groups is 1. The van der Waals surface area contributed by atoms with Crippen molar-refractivity contribution in [3.05, 3.63) is 35.6 Å². The number of rotatable bonds is 2. The van der Waals surface area contributed by atoms with Gasteiger partial charge in [-0.3, -0.25) is 0 Å². The van der Waals surface area contributed by atoms with Crippen LogP contribution in [0, 0.1) is 5.82 Å². The van der Waals surface area contributed by atoms with Crippen LogP contribution in [0.15, 0.2) is 29.3 Å². The molecule has 0 aliphatic carbocycles. The lowest BCUT2D eigenvalue weighted by atomic mass is 10.2. The van der Waals surface area contributed by atoms with Gasteiger partial charge in [0, 0.05) is 0 Å².